The highest BCUT2D eigenvalue weighted by molar-refractivity contribution is 7.33. The molecule has 0 bridgehead atoms. The summed E-state index contributed by atoms with van der Waals surface area (Å²) in [5, 5.41) is 3.23. The molecule has 0 aliphatic heterocycles. The molecule has 0 radical (unpaired) electrons. The van der Waals surface area contributed by atoms with Gasteiger partial charge in [0.1, 0.15) is 0 Å². The summed E-state index contributed by atoms with van der Waals surface area (Å²) in [6.45, 7) is 6.66. The molecule has 0 spiro atoms. The van der Waals surface area contributed by atoms with Crippen molar-refractivity contribution in [1.82, 2.24) is 0 Å². The van der Waals surface area contributed by atoms with Crippen molar-refractivity contribution < 1.29 is 0 Å². The lowest BCUT2D eigenvalue weighted by Crippen LogP contribution is -2.47. The molecule has 11 aromatic rings. The van der Waals surface area contributed by atoms with E-state index in [1.165, 1.54) is 0 Å². The van der Waals surface area contributed by atoms with Crippen LogP contribution in [-0.4, -0.2) is 22.8 Å². The van der Waals surface area contributed by atoms with E-state index < -0.39 is 22.8 Å². The van der Waals surface area contributed by atoms with Gasteiger partial charge >= 0.3 is 0 Å². The zero-order valence-electron chi connectivity index (χ0n) is 43.9. The number of hydrogen-bond acceptors (Lipinski definition) is 0. The van der Waals surface area contributed by atoms with Gasteiger partial charge in [0.2, 0.25) is 8.07 Å². The Morgan fingerprint density at radius 3 is 0.731 bits per heavy atom. The summed E-state index contributed by atoms with van der Waals surface area (Å²) in [5.41, 5.74) is 33.7. The van der Waals surface area contributed by atoms with E-state index in [1.807, 2.05) is 0 Å². The van der Waals surface area contributed by atoms with Crippen molar-refractivity contribution in [3.05, 3.63) is 285 Å². The summed E-state index contributed by atoms with van der Waals surface area (Å²) in [4.78, 5) is 0. The summed E-state index contributed by atoms with van der Waals surface area (Å²) in [5.74, 6) is 0. The van der Waals surface area contributed by atoms with E-state index in [9.17, 15) is 0 Å². The van der Waals surface area contributed by atoms with E-state index >= 15 is 0 Å². The minimum atomic E-state index is -3.27. The highest BCUT2D eigenvalue weighted by Crippen LogP contribution is 2.48. The van der Waals surface area contributed by atoms with Crippen LogP contribution < -0.4 is 15.6 Å². The maximum atomic E-state index is 8.34. The van der Waals surface area contributed by atoms with Crippen molar-refractivity contribution in [2.24, 2.45) is 0 Å². The molecule has 11 rings (SSSR count). The molecule has 0 saturated heterocycles. The van der Waals surface area contributed by atoms with Crippen molar-refractivity contribution in [2.45, 2.75) is 19.6 Å². The fourth-order valence-corrected chi connectivity index (χ4v) is 20.2. The molecule has 2 unspecified atom stereocenters. The molecule has 0 heterocycles. The lowest BCUT2D eigenvalue weighted by molar-refractivity contribution is 1.55. The summed E-state index contributed by atoms with van der Waals surface area (Å²) in [6.07, 6.45) is 0. The van der Waals surface area contributed by atoms with Gasteiger partial charge in [-0.05, 0) is 124 Å². The van der Waals surface area contributed by atoms with Crippen LogP contribution in [0.5, 0.6) is 0 Å². The van der Waals surface area contributed by atoms with Crippen LogP contribution in [-0.2, 0) is 0 Å². The maximum Gasteiger partial charge on any atom is 0.260 e. The summed E-state index contributed by atoms with van der Waals surface area (Å²) >= 11 is 16.7. The second-order valence-corrected chi connectivity index (χ2v) is 33.6. The number of hydrogen-bond donors (Lipinski definition) is 0. The molecule has 0 aromatic heterocycles. The van der Waals surface area contributed by atoms with Gasteiger partial charge in [-0.25, -0.2) is 0 Å². The van der Waals surface area contributed by atoms with Crippen LogP contribution in [0.4, 0.5) is 0 Å². The molecule has 374 valence electrons. The first-order valence-electron chi connectivity index (χ1n) is 26.5. The van der Waals surface area contributed by atoms with E-state index in [-0.39, 0.29) is 0 Å². The summed E-state index contributed by atoms with van der Waals surface area (Å²) in [6, 6.07) is 101. The Bertz CT molecular complexity index is 3740. The normalized spacial score (nSPS) is 13.3. The zero-order valence-corrected chi connectivity index (χ0v) is 48.4. The van der Waals surface area contributed by atoms with Gasteiger partial charge in [-0.1, -0.05) is 285 Å². The van der Waals surface area contributed by atoms with Gasteiger partial charge in [-0.3, -0.25) is 0 Å². The van der Waals surface area contributed by atoms with E-state index in [0.717, 1.165) is 105 Å². The average molecular weight is 1090 g/mol. The summed E-state index contributed by atoms with van der Waals surface area (Å²) < 4.78 is 0. The van der Waals surface area contributed by atoms with Crippen molar-refractivity contribution in [1.29, 1.82) is 0 Å². The highest BCUT2D eigenvalue weighted by Gasteiger charge is 2.37. The first-order valence-corrected chi connectivity index (χ1v) is 36.0. The highest BCUT2D eigenvalue weighted by atomic mass is 35.6. The second kappa shape index (κ2) is 22.8. The molecule has 11 aromatic carbocycles. The van der Waals surface area contributed by atoms with Crippen LogP contribution in [0.2, 0.25) is 19.6 Å². The largest absolute Gasteiger partial charge is 0.260 e. The van der Waals surface area contributed by atoms with Crippen molar-refractivity contribution in [3.8, 4) is 111 Å². The Labute approximate surface area is 473 Å². The fraction of sp³-hybridized carbons (Fsp3) is 0.0411. The quantitative estimate of drug-likeness (QED) is 0.0688. The van der Waals surface area contributed by atoms with Gasteiger partial charge in [0.05, 0.1) is 0 Å². The van der Waals surface area contributed by atoms with E-state index in [1.54, 1.807) is 0 Å². The third-order valence-corrected chi connectivity index (χ3v) is 23.7. The predicted octanol–water partition coefficient (Wildman–Crippen LogP) is 17.9. The van der Waals surface area contributed by atoms with Gasteiger partial charge in [0.15, 0.2) is 0 Å². The van der Waals surface area contributed by atoms with Crippen LogP contribution in [0.3, 0.4) is 0 Å². The lowest BCUT2D eigenvalue weighted by atomic mass is 9.83. The zero-order chi connectivity index (χ0) is 53.5. The molecule has 0 saturated carbocycles. The average Bonchev–Trinajstić information content (AvgIpc) is 3.59. The van der Waals surface area contributed by atoms with Gasteiger partial charge < -0.3 is 0 Å². The van der Waals surface area contributed by atoms with Crippen LogP contribution >= 0.6 is 22.2 Å². The summed E-state index contributed by atoms with van der Waals surface area (Å²) in [7, 11) is -9.59. The van der Waals surface area contributed by atoms with E-state index in [0.29, 0.717) is 0 Å². The van der Waals surface area contributed by atoms with Crippen LogP contribution in [0.25, 0.3) is 89.0 Å². The Balaban J connectivity index is 1.16. The van der Waals surface area contributed by atoms with Crippen LogP contribution in [0, 0.1) is 22.2 Å². The van der Waals surface area contributed by atoms with Gasteiger partial charge in [0.25, 0.3) is 14.8 Å². The SMILES string of the molecule is C[Si](Cl)(C#C[Si](C)(C#C[Si](C)(Cl)c1cc(-c2ccccc2)c(-c2ccccc2)c(-c2ccccc2)c1-c1ccccc1)c1ccccc1)c1cc(-c2ccccc2)c(-c2ccccc2)c(-c2ccccc2)c1-c1ccccc1. The Morgan fingerprint density at radius 1 is 0.244 bits per heavy atom. The topological polar surface area (TPSA) is 0 Å². The monoisotopic (exact) mass is 1090 g/mol. The molecular weight excluding hydrogens is 1030 g/mol. The molecule has 0 aliphatic rings. The Hall–Kier alpha value is -8.23. The molecule has 0 N–H and O–H groups in total. The lowest BCUT2D eigenvalue weighted by Gasteiger charge is -2.28. The molecule has 0 aliphatic carbocycles. The predicted molar refractivity (Wildman–Crippen MR) is 344 cm³/mol. The number of benzene rings is 11. The van der Waals surface area contributed by atoms with Crippen LogP contribution in [0.15, 0.2) is 285 Å². The molecular formula is C73H56Cl2Si3. The first-order chi connectivity index (χ1) is 38.1. The number of rotatable bonds is 11. The van der Waals surface area contributed by atoms with Crippen molar-refractivity contribution in [3.63, 3.8) is 0 Å². The molecule has 5 heteroatoms. The maximum absolute atomic E-state index is 8.34. The van der Waals surface area contributed by atoms with Crippen molar-refractivity contribution >= 4 is 60.6 Å². The first kappa shape index (κ1) is 51.9. The van der Waals surface area contributed by atoms with E-state index in [4.69, 9.17) is 22.2 Å². The second-order valence-electron chi connectivity index (χ2n) is 20.1. The third-order valence-electron chi connectivity index (χ3n) is 14.7. The molecule has 0 amide bonds. The van der Waals surface area contributed by atoms with Gasteiger partial charge in [0, 0.05) is 0 Å². The smallest absolute Gasteiger partial charge is 0.144 e. The van der Waals surface area contributed by atoms with E-state index in [2.05, 4.69) is 327 Å². The number of halogens is 2. The minimum Gasteiger partial charge on any atom is -0.144 e. The standard InChI is InChI=1S/C73H56Cl2Si3/c1-76(63-47-29-12-30-48-63,49-51-77(2,74)66-53-64(55-31-13-4-14-32-55)68(57-35-17-6-18-36-57)72(61-43-25-10-26-44-61)70(66)59-39-21-8-22-40-59)50-52-78(3,75)67-54-65(56-33-15-5-16-34-56)69(58-37-19-7-20-38-58)73(62-45-27-11-28-46-62)71(67)60-41-23-9-24-42-60/h4-48,53-54H,1-3H3. The molecule has 0 fully saturated rings. The van der Waals surface area contributed by atoms with Gasteiger partial charge in [-0.15, -0.1) is 44.3 Å². The molecule has 78 heavy (non-hydrogen) atoms. The van der Waals surface area contributed by atoms with Gasteiger partial charge in [-0.2, -0.15) is 0 Å². The Kier molecular flexibility index (Phi) is 15.1. The fourth-order valence-electron chi connectivity index (χ4n) is 10.8. The van der Waals surface area contributed by atoms with Crippen LogP contribution in [0.1, 0.15) is 0 Å². The Morgan fingerprint density at radius 2 is 0.462 bits per heavy atom. The minimum absolute atomic E-state index is 1.06. The molecule has 2 atom stereocenters. The van der Waals surface area contributed by atoms with Crippen molar-refractivity contribution in [2.75, 3.05) is 0 Å². The third kappa shape index (κ3) is 10.7. The molecule has 0 nitrogen and oxygen atoms in total.